The standard InChI is InChI=1S/C21H19N3O4S/c1-23-16-6-4-3-5-15(16)20(26)24(2)18(23)12-28-14-9-7-13(8-10-14)11-17-19(25)22-21(27)29-17/h3-11,18H,12H2,1-2H3,(H,22,25,27)/b17-11+. The normalized spacial score (nSPS) is 20.1. The number of amides is 3. The van der Waals surface area contributed by atoms with Crippen molar-refractivity contribution in [2.45, 2.75) is 6.17 Å². The molecule has 3 amide bonds. The van der Waals surface area contributed by atoms with Crippen LogP contribution in [0.15, 0.2) is 53.4 Å². The molecule has 0 bridgehead atoms. The lowest BCUT2D eigenvalue weighted by Crippen LogP contribution is -2.54. The topological polar surface area (TPSA) is 79.0 Å². The number of anilines is 1. The predicted molar refractivity (Wildman–Crippen MR) is 112 cm³/mol. The van der Waals surface area contributed by atoms with Crippen LogP contribution in [0.1, 0.15) is 15.9 Å². The molecule has 1 N–H and O–H groups in total. The fraction of sp³-hybridized carbons (Fsp3) is 0.190. The van der Waals surface area contributed by atoms with Crippen molar-refractivity contribution in [3.05, 3.63) is 64.6 Å². The molecular weight excluding hydrogens is 390 g/mol. The first-order valence-electron chi connectivity index (χ1n) is 9.01. The Morgan fingerprint density at radius 2 is 1.76 bits per heavy atom. The summed E-state index contributed by atoms with van der Waals surface area (Å²) in [6.07, 6.45) is 1.43. The maximum atomic E-state index is 12.6. The third-order valence-corrected chi connectivity index (χ3v) is 5.76. The number of hydrogen-bond acceptors (Lipinski definition) is 6. The van der Waals surface area contributed by atoms with E-state index < -0.39 is 0 Å². The molecule has 0 saturated carbocycles. The maximum Gasteiger partial charge on any atom is 0.290 e. The molecule has 2 heterocycles. The Morgan fingerprint density at radius 3 is 2.45 bits per heavy atom. The molecule has 0 aromatic heterocycles. The van der Waals surface area contributed by atoms with Gasteiger partial charge < -0.3 is 14.5 Å². The molecule has 148 valence electrons. The number of rotatable bonds is 4. The van der Waals surface area contributed by atoms with E-state index in [2.05, 4.69) is 5.32 Å². The average molecular weight is 409 g/mol. The summed E-state index contributed by atoms with van der Waals surface area (Å²) >= 11 is 0.884. The highest BCUT2D eigenvalue weighted by molar-refractivity contribution is 8.18. The number of nitrogens with zero attached hydrogens (tertiary/aromatic N) is 2. The van der Waals surface area contributed by atoms with Crippen LogP contribution in [-0.2, 0) is 4.79 Å². The van der Waals surface area contributed by atoms with Gasteiger partial charge in [-0.25, -0.2) is 0 Å². The summed E-state index contributed by atoms with van der Waals surface area (Å²) in [7, 11) is 3.71. The lowest BCUT2D eigenvalue weighted by molar-refractivity contribution is -0.115. The molecule has 2 aromatic rings. The van der Waals surface area contributed by atoms with Crippen LogP contribution in [0.2, 0.25) is 0 Å². The van der Waals surface area contributed by atoms with Crippen LogP contribution >= 0.6 is 11.8 Å². The van der Waals surface area contributed by atoms with Crippen molar-refractivity contribution in [2.75, 3.05) is 25.6 Å². The number of benzene rings is 2. The van der Waals surface area contributed by atoms with Gasteiger partial charge in [0, 0.05) is 14.1 Å². The fourth-order valence-electron chi connectivity index (χ4n) is 3.33. The van der Waals surface area contributed by atoms with E-state index in [1.54, 1.807) is 30.2 Å². The number of likely N-dealkylation sites (N-methyl/N-ethyl adjacent to an activating group) is 2. The second kappa shape index (κ2) is 7.63. The molecule has 7 nitrogen and oxygen atoms in total. The molecule has 0 radical (unpaired) electrons. The Hall–Kier alpha value is -3.26. The smallest absolute Gasteiger partial charge is 0.290 e. The summed E-state index contributed by atoms with van der Waals surface area (Å²) in [4.78, 5) is 39.6. The van der Waals surface area contributed by atoms with Gasteiger partial charge in [0.25, 0.3) is 17.1 Å². The van der Waals surface area contributed by atoms with E-state index in [1.807, 2.05) is 48.3 Å². The quantitative estimate of drug-likeness (QED) is 0.783. The van der Waals surface area contributed by atoms with E-state index in [0.717, 1.165) is 23.0 Å². The highest BCUT2D eigenvalue weighted by atomic mass is 32.2. The number of fused-ring (bicyclic) bond motifs is 1. The Labute approximate surface area is 172 Å². The summed E-state index contributed by atoms with van der Waals surface area (Å²) in [5, 5.41) is 1.87. The predicted octanol–water partition coefficient (Wildman–Crippen LogP) is 2.94. The molecule has 2 aromatic carbocycles. The van der Waals surface area contributed by atoms with Crippen LogP contribution in [0.3, 0.4) is 0 Å². The van der Waals surface area contributed by atoms with Crippen molar-refractivity contribution >= 4 is 40.6 Å². The van der Waals surface area contributed by atoms with E-state index in [9.17, 15) is 14.4 Å². The van der Waals surface area contributed by atoms with Gasteiger partial charge >= 0.3 is 0 Å². The van der Waals surface area contributed by atoms with Crippen LogP contribution in [-0.4, -0.2) is 48.8 Å². The largest absolute Gasteiger partial charge is 0.489 e. The van der Waals surface area contributed by atoms with E-state index in [-0.39, 0.29) is 23.2 Å². The van der Waals surface area contributed by atoms with E-state index >= 15 is 0 Å². The SMILES string of the molecule is CN1C(=O)c2ccccc2N(C)C1COc1ccc(/C=C2/SC(=O)NC2=O)cc1. The molecule has 0 spiro atoms. The van der Waals surface area contributed by atoms with Gasteiger partial charge in [0.2, 0.25) is 0 Å². The first-order valence-corrected chi connectivity index (χ1v) is 9.82. The molecule has 4 rings (SSSR count). The van der Waals surface area contributed by atoms with Gasteiger partial charge in [-0.1, -0.05) is 24.3 Å². The van der Waals surface area contributed by atoms with Crippen LogP contribution in [0.4, 0.5) is 10.5 Å². The molecule has 1 unspecified atom stereocenters. The number of nitrogens with one attached hydrogen (secondary N) is 1. The van der Waals surface area contributed by atoms with Crippen molar-refractivity contribution in [3.63, 3.8) is 0 Å². The highest BCUT2D eigenvalue weighted by Gasteiger charge is 2.33. The van der Waals surface area contributed by atoms with Gasteiger partial charge in [0.1, 0.15) is 18.5 Å². The van der Waals surface area contributed by atoms with Gasteiger partial charge in [-0.15, -0.1) is 0 Å². The molecule has 8 heteroatoms. The molecule has 1 fully saturated rings. The van der Waals surface area contributed by atoms with Crippen molar-refractivity contribution in [3.8, 4) is 5.75 Å². The zero-order chi connectivity index (χ0) is 20.5. The van der Waals surface area contributed by atoms with Crippen molar-refractivity contribution in [2.24, 2.45) is 0 Å². The Morgan fingerprint density at radius 1 is 1.03 bits per heavy atom. The summed E-state index contributed by atoms with van der Waals surface area (Å²) in [5.41, 5.74) is 2.35. The number of carbonyl (C=O) groups excluding carboxylic acids is 3. The zero-order valence-electron chi connectivity index (χ0n) is 15.9. The van der Waals surface area contributed by atoms with Crippen molar-refractivity contribution in [1.82, 2.24) is 10.2 Å². The number of thioether (sulfide) groups is 1. The Balaban J connectivity index is 1.44. The van der Waals surface area contributed by atoms with Gasteiger partial charge in [0.15, 0.2) is 0 Å². The molecule has 0 aliphatic carbocycles. The minimum Gasteiger partial charge on any atom is -0.489 e. The third-order valence-electron chi connectivity index (χ3n) is 4.95. The number of para-hydroxylation sites is 1. The Bertz CT molecular complexity index is 1020. The minimum absolute atomic E-state index is 0.0313. The maximum absolute atomic E-state index is 12.6. The summed E-state index contributed by atoms with van der Waals surface area (Å²) in [6.45, 7) is 0.306. The zero-order valence-corrected chi connectivity index (χ0v) is 16.7. The fourth-order valence-corrected chi connectivity index (χ4v) is 4.02. The van der Waals surface area contributed by atoms with Gasteiger partial charge in [-0.2, -0.15) is 0 Å². The summed E-state index contributed by atoms with van der Waals surface area (Å²) in [5.74, 6) is 0.240. The molecule has 2 aliphatic rings. The minimum atomic E-state index is -0.381. The summed E-state index contributed by atoms with van der Waals surface area (Å²) in [6, 6.07) is 14.7. The van der Waals surface area contributed by atoms with Crippen LogP contribution < -0.4 is 15.0 Å². The number of ether oxygens (including phenoxy) is 1. The van der Waals surface area contributed by atoms with Crippen LogP contribution in [0.5, 0.6) is 5.75 Å². The number of carbonyl (C=O) groups is 3. The van der Waals surface area contributed by atoms with Gasteiger partial charge in [0.05, 0.1) is 16.2 Å². The lowest BCUT2D eigenvalue weighted by Gasteiger charge is -2.41. The van der Waals surface area contributed by atoms with Gasteiger partial charge in [-0.05, 0) is 47.7 Å². The van der Waals surface area contributed by atoms with E-state index in [1.165, 1.54) is 0 Å². The average Bonchev–Trinajstić information content (AvgIpc) is 3.04. The summed E-state index contributed by atoms with van der Waals surface area (Å²) < 4.78 is 5.92. The van der Waals surface area contributed by atoms with Crippen molar-refractivity contribution in [1.29, 1.82) is 0 Å². The molecule has 29 heavy (non-hydrogen) atoms. The second-order valence-corrected chi connectivity index (χ2v) is 7.77. The first kappa shape index (κ1) is 19.1. The molecule has 1 saturated heterocycles. The molecule has 2 aliphatic heterocycles. The van der Waals surface area contributed by atoms with Crippen LogP contribution in [0.25, 0.3) is 6.08 Å². The highest BCUT2D eigenvalue weighted by Crippen LogP contribution is 2.29. The number of hydrogen-bond donors (Lipinski definition) is 1. The lowest BCUT2D eigenvalue weighted by atomic mass is 10.1. The first-order chi connectivity index (χ1) is 13.9. The van der Waals surface area contributed by atoms with E-state index in [4.69, 9.17) is 4.74 Å². The second-order valence-electron chi connectivity index (χ2n) is 6.76. The van der Waals surface area contributed by atoms with Crippen LogP contribution in [0, 0.1) is 0 Å². The van der Waals surface area contributed by atoms with Gasteiger partial charge in [-0.3, -0.25) is 19.7 Å². The third kappa shape index (κ3) is 3.71. The van der Waals surface area contributed by atoms with E-state index in [0.29, 0.717) is 22.8 Å². The monoisotopic (exact) mass is 409 g/mol. The Kier molecular flexibility index (Phi) is 5.02. The molecule has 1 atom stereocenters. The van der Waals surface area contributed by atoms with Crippen molar-refractivity contribution < 1.29 is 19.1 Å². The number of imide groups is 1. The molecular formula is C21H19N3O4S.